The van der Waals surface area contributed by atoms with Crippen molar-refractivity contribution in [2.45, 2.75) is 25.8 Å². The predicted octanol–water partition coefficient (Wildman–Crippen LogP) is 0.750. The molecule has 0 aromatic heterocycles. The molecule has 1 aromatic rings. The zero-order valence-electron chi connectivity index (χ0n) is 11.5. The zero-order valence-corrected chi connectivity index (χ0v) is 11.5. The number of carboxylic acid groups (broad SMARTS) is 1. The Morgan fingerprint density at radius 3 is 2.30 bits per heavy atom. The van der Waals surface area contributed by atoms with E-state index < -0.39 is 24.5 Å². The number of aliphatic carboxylic acids is 1. The van der Waals surface area contributed by atoms with E-state index in [1.807, 2.05) is 12.1 Å². The molecule has 3 N–H and O–H groups in total. The van der Waals surface area contributed by atoms with Gasteiger partial charge in [0.15, 0.2) is 6.61 Å². The number of hydrogen-bond donors (Lipinski definition) is 3. The van der Waals surface area contributed by atoms with E-state index in [9.17, 15) is 9.59 Å². The summed E-state index contributed by atoms with van der Waals surface area (Å²) >= 11 is 0. The number of aliphatic hydroxyl groups excluding tert-OH is 1. The molecule has 0 radical (unpaired) electrons. The Morgan fingerprint density at radius 2 is 1.85 bits per heavy atom. The molecule has 6 nitrogen and oxygen atoms in total. The maximum atomic E-state index is 11.5. The SMILES string of the molecule is CC(C)c1ccc(OCC(=O)N[C@@H](CO)C(=O)O)cc1. The fraction of sp³-hybridized carbons (Fsp3) is 0.429. The summed E-state index contributed by atoms with van der Waals surface area (Å²) in [5.74, 6) is -0.949. The van der Waals surface area contributed by atoms with E-state index in [-0.39, 0.29) is 6.61 Å². The first-order chi connectivity index (χ1) is 9.43. The van der Waals surface area contributed by atoms with Crippen LogP contribution in [-0.2, 0) is 9.59 Å². The average molecular weight is 281 g/mol. The highest BCUT2D eigenvalue weighted by molar-refractivity contribution is 5.84. The molecule has 110 valence electrons. The topological polar surface area (TPSA) is 95.9 Å². The van der Waals surface area contributed by atoms with Crippen molar-refractivity contribution >= 4 is 11.9 Å². The van der Waals surface area contributed by atoms with Crippen molar-refractivity contribution in [2.24, 2.45) is 0 Å². The maximum absolute atomic E-state index is 11.5. The third kappa shape index (κ3) is 4.89. The summed E-state index contributed by atoms with van der Waals surface area (Å²) in [6.07, 6.45) is 0. The van der Waals surface area contributed by atoms with Crippen molar-refractivity contribution in [3.05, 3.63) is 29.8 Å². The molecule has 0 aliphatic carbocycles. The Bertz CT molecular complexity index is 455. The molecule has 1 atom stereocenters. The average Bonchev–Trinajstić information content (AvgIpc) is 2.42. The lowest BCUT2D eigenvalue weighted by atomic mass is 10.0. The van der Waals surface area contributed by atoms with Gasteiger partial charge in [0.1, 0.15) is 11.8 Å². The number of aliphatic hydroxyl groups is 1. The molecule has 0 fully saturated rings. The van der Waals surface area contributed by atoms with E-state index >= 15 is 0 Å². The summed E-state index contributed by atoms with van der Waals surface area (Å²) in [4.78, 5) is 22.1. The molecule has 0 aliphatic heterocycles. The number of benzene rings is 1. The molecule has 0 spiro atoms. The summed E-state index contributed by atoms with van der Waals surface area (Å²) < 4.78 is 5.24. The Kier molecular flexibility index (Phi) is 5.99. The van der Waals surface area contributed by atoms with Gasteiger partial charge in [-0.05, 0) is 23.6 Å². The van der Waals surface area contributed by atoms with E-state index in [0.717, 1.165) is 5.56 Å². The summed E-state index contributed by atoms with van der Waals surface area (Å²) in [7, 11) is 0. The Morgan fingerprint density at radius 1 is 1.25 bits per heavy atom. The van der Waals surface area contributed by atoms with E-state index in [1.165, 1.54) is 0 Å². The minimum Gasteiger partial charge on any atom is -0.484 e. The number of carbonyl (C=O) groups excluding carboxylic acids is 1. The van der Waals surface area contributed by atoms with Crippen molar-refractivity contribution in [1.29, 1.82) is 0 Å². The summed E-state index contributed by atoms with van der Waals surface area (Å²) in [6, 6.07) is 6.01. The minimum atomic E-state index is -1.31. The molecular formula is C14H19NO5. The summed E-state index contributed by atoms with van der Waals surface area (Å²) in [6.45, 7) is 3.18. The lowest BCUT2D eigenvalue weighted by molar-refractivity contribution is -0.143. The molecule has 0 aliphatic rings. The van der Waals surface area contributed by atoms with Gasteiger partial charge in [0.2, 0.25) is 0 Å². The minimum absolute atomic E-state index is 0.301. The largest absolute Gasteiger partial charge is 0.484 e. The molecular weight excluding hydrogens is 262 g/mol. The molecule has 0 unspecified atom stereocenters. The molecule has 0 heterocycles. The number of rotatable bonds is 7. The molecule has 0 saturated carbocycles. The standard InChI is InChI=1S/C14H19NO5/c1-9(2)10-3-5-11(6-4-10)20-8-13(17)15-12(7-16)14(18)19/h3-6,9,12,16H,7-8H2,1-2H3,(H,15,17)(H,18,19)/t12-/m0/s1. The third-order valence-electron chi connectivity index (χ3n) is 2.73. The van der Waals surface area contributed by atoms with Crippen LogP contribution < -0.4 is 10.1 Å². The quantitative estimate of drug-likeness (QED) is 0.685. The summed E-state index contributed by atoms with van der Waals surface area (Å²) in [5.41, 5.74) is 1.16. The highest BCUT2D eigenvalue weighted by Crippen LogP contribution is 2.18. The van der Waals surface area contributed by atoms with Crippen molar-refractivity contribution in [2.75, 3.05) is 13.2 Å². The lowest BCUT2D eigenvalue weighted by Crippen LogP contribution is -2.45. The summed E-state index contributed by atoms with van der Waals surface area (Å²) in [5, 5.41) is 19.6. The van der Waals surface area contributed by atoms with Crippen molar-refractivity contribution in [3.63, 3.8) is 0 Å². The van der Waals surface area contributed by atoms with Crippen LogP contribution >= 0.6 is 0 Å². The van der Waals surface area contributed by atoms with Gasteiger partial charge in [0.25, 0.3) is 5.91 Å². The van der Waals surface area contributed by atoms with Gasteiger partial charge in [-0.2, -0.15) is 0 Å². The Balaban J connectivity index is 2.46. The number of nitrogens with one attached hydrogen (secondary N) is 1. The van der Waals surface area contributed by atoms with Gasteiger partial charge in [-0.25, -0.2) is 4.79 Å². The van der Waals surface area contributed by atoms with Crippen LogP contribution in [0.25, 0.3) is 0 Å². The van der Waals surface area contributed by atoms with Gasteiger partial charge in [0, 0.05) is 0 Å². The molecule has 0 saturated heterocycles. The predicted molar refractivity (Wildman–Crippen MR) is 72.7 cm³/mol. The van der Waals surface area contributed by atoms with Crippen molar-refractivity contribution in [3.8, 4) is 5.75 Å². The van der Waals surface area contributed by atoms with E-state index in [2.05, 4.69) is 19.2 Å². The number of carboxylic acids is 1. The van der Waals surface area contributed by atoms with Crippen molar-refractivity contribution < 1.29 is 24.5 Å². The van der Waals surface area contributed by atoms with Crippen molar-refractivity contribution in [1.82, 2.24) is 5.32 Å². The number of carbonyl (C=O) groups is 2. The van der Waals surface area contributed by atoms with Gasteiger partial charge in [-0.1, -0.05) is 26.0 Å². The van der Waals surface area contributed by atoms with Gasteiger partial charge < -0.3 is 20.3 Å². The first kappa shape index (κ1) is 16.0. The van der Waals surface area contributed by atoms with Crippen LogP contribution in [-0.4, -0.2) is 41.3 Å². The van der Waals surface area contributed by atoms with Crippen LogP contribution in [0.3, 0.4) is 0 Å². The van der Waals surface area contributed by atoms with Gasteiger partial charge >= 0.3 is 5.97 Å². The molecule has 6 heteroatoms. The van der Waals surface area contributed by atoms with E-state index in [4.69, 9.17) is 14.9 Å². The fourth-order valence-electron chi connectivity index (χ4n) is 1.52. The number of ether oxygens (including phenoxy) is 1. The zero-order chi connectivity index (χ0) is 15.1. The highest BCUT2D eigenvalue weighted by atomic mass is 16.5. The molecule has 1 rings (SSSR count). The first-order valence-electron chi connectivity index (χ1n) is 6.29. The van der Waals surface area contributed by atoms with Crippen LogP contribution in [0.4, 0.5) is 0 Å². The Hall–Kier alpha value is -2.08. The highest BCUT2D eigenvalue weighted by Gasteiger charge is 2.18. The van der Waals surface area contributed by atoms with Gasteiger partial charge in [-0.15, -0.1) is 0 Å². The van der Waals surface area contributed by atoms with E-state index in [1.54, 1.807) is 12.1 Å². The van der Waals surface area contributed by atoms with E-state index in [0.29, 0.717) is 11.7 Å². The molecule has 0 bridgehead atoms. The second-order valence-electron chi connectivity index (χ2n) is 4.65. The first-order valence-corrected chi connectivity index (χ1v) is 6.29. The monoisotopic (exact) mass is 281 g/mol. The van der Waals surface area contributed by atoms with Gasteiger partial charge in [0.05, 0.1) is 6.61 Å². The van der Waals surface area contributed by atoms with Crippen LogP contribution in [0, 0.1) is 0 Å². The Labute approximate surface area is 117 Å². The molecule has 1 aromatic carbocycles. The van der Waals surface area contributed by atoms with Gasteiger partial charge in [-0.3, -0.25) is 4.79 Å². The van der Waals surface area contributed by atoms with Crippen LogP contribution in [0.15, 0.2) is 24.3 Å². The normalized spacial score (nSPS) is 12.0. The molecule has 1 amide bonds. The maximum Gasteiger partial charge on any atom is 0.328 e. The number of hydrogen-bond acceptors (Lipinski definition) is 4. The van der Waals surface area contributed by atoms with Crippen LogP contribution in [0.5, 0.6) is 5.75 Å². The lowest BCUT2D eigenvalue weighted by Gasteiger charge is -2.12. The second-order valence-corrected chi connectivity index (χ2v) is 4.65. The smallest absolute Gasteiger partial charge is 0.328 e. The van der Waals surface area contributed by atoms with Crippen LogP contribution in [0.2, 0.25) is 0 Å². The molecule has 20 heavy (non-hydrogen) atoms. The fourth-order valence-corrected chi connectivity index (χ4v) is 1.52. The second kappa shape index (κ2) is 7.49. The third-order valence-corrected chi connectivity index (χ3v) is 2.73. The van der Waals surface area contributed by atoms with Crippen LogP contribution in [0.1, 0.15) is 25.3 Å². The number of amides is 1.